The van der Waals surface area contributed by atoms with Crippen LogP contribution < -0.4 is 5.32 Å². The highest BCUT2D eigenvalue weighted by molar-refractivity contribution is 6.28. The molecule has 1 aliphatic carbocycles. The maximum atomic E-state index is 12.0. The summed E-state index contributed by atoms with van der Waals surface area (Å²) in [4.78, 5) is 36.1. The first-order chi connectivity index (χ1) is 9.63. The van der Waals surface area contributed by atoms with Gasteiger partial charge in [-0.2, -0.15) is 0 Å². The molecule has 20 heavy (non-hydrogen) atoms. The maximum Gasteiger partial charge on any atom is 0.331 e. The van der Waals surface area contributed by atoms with Gasteiger partial charge >= 0.3 is 6.03 Å². The van der Waals surface area contributed by atoms with Crippen LogP contribution in [0.5, 0.6) is 0 Å². The minimum absolute atomic E-state index is 0.0264. The van der Waals surface area contributed by atoms with E-state index in [-0.39, 0.29) is 12.1 Å². The normalized spacial score (nSPS) is 23.8. The topological polar surface area (TPSA) is 66.5 Å². The van der Waals surface area contributed by atoms with Crippen LogP contribution in [0.3, 0.4) is 0 Å². The highest BCUT2D eigenvalue weighted by Gasteiger charge is 2.34. The monoisotopic (exact) mass is 276 g/mol. The minimum Gasteiger partial charge on any atom is -0.273 e. The fourth-order valence-corrected chi connectivity index (χ4v) is 2.64. The summed E-state index contributed by atoms with van der Waals surface area (Å²) in [7, 11) is 0. The Morgan fingerprint density at radius 2 is 1.90 bits per heavy atom. The average Bonchev–Trinajstić information content (AvgIpc) is 2.44. The molecule has 1 aliphatic heterocycles. The van der Waals surface area contributed by atoms with Crippen LogP contribution in [0.4, 0.5) is 4.79 Å². The number of amides is 4. The summed E-state index contributed by atoms with van der Waals surface area (Å²) >= 11 is 0. The quantitative estimate of drug-likeness (QED) is 0.634. The molecule has 0 atom stereocenters. The molecule has 2 aliphatic rings. The van der Waals surface area contributed by atoms with Gasteiger partial charge in [0.05, 0.1) is 0 Å². The number of carbonyl (C=O) groups is 3. The Bertz CT molecular complexity index is 474. The Labute approximate surface area is 118 Å². The number of allylic oxidation sites excluding steroid dienone is 3. The Morgan fingerprint density at radius 1 is 1.20 bits per heavy atom. The molecule has 1 N–H and O–H groups in total. The van der Waals surface area contributed by atoms with Crippen molar-refractivity contribution >= 4 is 17.8 Å². The lowest BCUT2D eigenvalue weighted by Gasteiger charge is -2.24. The van der Waals surface area contributed by atoms with Gasteiger partial charge in [0.1, 0.15) is 5.57 Å². The zero-order valence-corrected chi connectivity index (χ0v) is 11.7. The Balaban J connectivity index is 2.07. The van der Waals surface area contributed by atoms with Crippen LogP contribution >= 0.6 is 0 Å². The summed E-state index contributed by atoms with van der Waals surface area (Å²) in [6, 6.07) is -0.643. The molecule has 4 amide bonds. The van der Waals surface area contributed by atoms with E-state index >= 15 is 0 Å². The first-order valence-corrected chi connectivity index (χ1v) is 7.19. The molecule has 108 valence electrons. The smallest absolute Gasteiger partial charge is 0.273 e. The Hall–Kier alpha value is -1.91. The molecular weight excluding hydrogens is 256 g/mol. The number of imide groups is 2. The van der Waals surface area contributed by atoms with E-state index in [1.807, 2.05) is 0 Å². The van der Waals surface area contributed by atoms with Crippen molar-refractivity contribution in [3.8, 4) is 0 Å². The highest BCUT2D eigenvalue weighted by atomic mass is 16.2. The molecule has 0 spiro atoms. The number of likely N-dealkylation sites (N-methyl/N-ethyl adjacent to an activating group) is 1. The third kappa shape index (κ3) is 3.15. The van der Waals surface area contributed by atoms with Gasteiger partial charge in [-0.15, -0.1) is 0 Å². The lowest BCUT2D eigenvalue weighted by molar-refractivity contribution is -0.130. The lowest BCUT2D eigenvalue weighted by atomic mass is 9.89. The van der Waals surface area contributed by atoms with Gasteiger partial charge < -0.3 is 0 Å². The molecule has 1 heterocycles. The van der Waals surface area contributed by atoms with Gasteiger partial charge in [-0.3, -0.25) is 19.8 Å². The SMILES string of the molecule is CCN1C(=O)NC(=O)/C(=C\C=C\C2CCCCC2)C1=O. The number of rotatable bonds is 3. The van der Waals surface area contributed by atoms with Crippen LogP contribution in [-0.4, -0.2) is 29.3 Å². The second-order valence-electron chi connectivity index (χ2n) is 5.17. The van der Waals surface area contributed by atoms with Crippen LogP contribution in [0.2, 0.25) is 0 Å². The molecule has 5 heteroatoms. The largest absolute Gasteiger partial charge is 0.331 e. The van der Waals surface area contributed by atoms with Crippen LogP contribution in [0.25, 0.3) is 0 Å². The van der Waals surface area contributed by atoms with Gasteiger partial charge in [-0.05, 0) is 31.8 Å². The summed E-state index contributed by atoms with van der Waals surface area (Å²) in [5, 5.41) is 2.17. The van der Waals surface area contributed by atoms with E-state index in [1.165, 1.54) is 38.2 Å². The molecule has 0 aromatic heterocycles. The summed E-state index contributed by atoms with van der Waals surface area (Å²) < 4.78 is 0. The van der Waals surface area contributed by atoms with Gasteiger partial charge in [0.2, 0.25) is 0 Å². The number of urea groups is 1. The van der Waals surface area contributed by atoms with E-state index in [2.05, 4.69) is 11.4 Å². The van der Waals surface area contributed by atoms with Crippen molar-refractivity contribution in [3.63, 3.8) is 0 Å². The van der Waals surface area contributed by atoms with Crippen molar-refractivity contribution in [2.24, 2.45) is 5.92 Å². The van der Waals surface area contributed by atoms with Crippen molar-refractivity contribution in [1.29, 1.82) is 0 Å². The summed E-state index contributed by atoms with van der Waals surface area (Å²) in [5.41, 5.74) is 0.0264. The van der Waals surface area contributed by atoms with E-state index < -0.39 is 17.8 Å². The molecule has 0 bridgehead atoms. The van der Waals surface area contributed by atoms with Crippen LogP contribution in [0.15, 0.2) is 23.8 Å². The predicted octanol–water partition coefficient (Wildman–Crippen LogP) is 2.15. The number of nitrogens with zero attached hydrogens (tertiary/aromatic N) is 1. The Morgan fingerprint density at radius 3 is 2.55 bits per heavy atom. The van der Waals surface area contributed by atoms with Crippen molar-refractivity contribution < 1.29 is 14.4 Å². The van der Waals surface area contributed by atoms with Crippen molar-refractivity contribution in [3.05, 3.63) is 23.8 Å². The van der Waals surface area contributed by atoms with Gasteiger partial charge in [0, 0.05) is 6.54 Å². The van der Waals surface area contributed by atoms with Crippen molar-refractivity contribution in [1.82, 2.24) is 10.2 Å². The minimum atomic E-state index is -0.643. The number of hydrogen-bond donors (Lipinski definition) is 1. The molecule has 0 unspecified atom stereocenters. The Kier molecular flexibility index (Phi) is 4.71. The van der Waals surface area contributed by atoms with Crippen LogP contribution in [0, 0.1) is 5.92 Å². The van der Waals surface area contributed by atoms with Gasteiger partial charge in [0.25, 0.3) is 11.8 Å². The van der Waals surface area contributed by atoms with Gasteiger partial charge in [-0.25, -0.2) is 4.79 Å². The van der Waals surface area contributed by atoms with E-state index in [4.69, 9.17) is 0 Å². The average molecular weight is 276 g/mol. The van der Waals surface area contributed by atoms with Crippen molar-refractivity contribution in [2.75, 3.05) is 6.54 Å². The van der Waals surface area contributed by atoms with Crippen molar-refractivity contribution in [2.45, 2.75) is 39.0 Å². The zero-order chi connectivity index (χ0) is 14.5. The predicted molar refractivity (Wildman–Crippen MR) is 74.7 cm³/mol. The standard InChI is InChI=1S/C15H20N2O3/c1-2-17-14(19)12(13(18)16-15(17)20)10-6-9-11-7-4-3-5-8-11/h6,9-11H,2-5,7-8H2,1H3,(H,16,18,20)/b9-6+,12-10+. The number of hydrogen-bond acceptors (Lipinski definition) is 3. The van der Waals surface area contributed by atoms with E-state index in [0.29, 0.717) is 5.92 Å². The maximum absolute atomic E-state index is 12.0. The number of barbiturate groups is 1. The lowest BCUT2D eigenvalue weighted by Crippen LogP contribution is -2.53. The molecule has 5 nitrogen and oxygen atoms in total. The number of nitrogens with one attached hydrogen (secondary N) is 1. The first-order valence-electron chi connectivity index (χ1n) is 7.19. The summed E-state index contributed by atoms with van der Waals surface area (Å²) in [5.74, 6) is -0.598. The molecular formula is C15H20N2O3. The first kappa shape index (κ1) is 14.5. The van der Waals surface area contributed by atoms with E-state index in [9.17, 15) is 14.4 Å². The summed E-state index contributed by atoms with van der Waals surface area (Å²) in [6.07, 6.45) is 11.4. The van der Waals surface area contributed by atoms with Gasteiger partial charge in [-0.1, -0.05) is 31.4 Å². The highest BCUT2D eigenvalue weighted by Crippen LogP contribution is 2.24. The fourth-order valence-electron chi connectivity index (χ4n) is 2.64. The van der Waals surface area contributed by atoms with Crippen LogP contribution in [0.1, 0.15) is 39.0 Å². The fraction of sp³-hybridized carbons (Fsp3) is 0.533. The molecule has 1 saturated heterocycles. The third-order valence-corrected chi connectivity index (χ3v) is 3.80. The molecule has 1 saturated carbocycles. The second kappa shape index (κ2) is 6.50. The zero-order valence-electron chi connectivity index (χ0n) is 11.7. The molecule has 2 fully saturated rings. The van der Waals surface area contributed by atoms with Crippen LogP contribution in [-0.2, 0) is 9.59 Å². The third-order valence-electron chi connectivity index (χ3n) is 3.80. The molecule has 2 rings (SSSR count). The second-order valence-corrected chi connectivity index (χ2v) is 5.17. The summed E-state index contributed by atoms with van der Waals surface area (Å²) in [6.45, 7) is 1.95. The van der Waals surface area contributed by atoms with E-state index in [1.54, 1.807) is 13.0 Å². The van der Waals surface area contributed by atoms with E-state index in [0.717, 1.165) is 4.90 Å². The molecule has 0 aromatic carbocycles. The van der Waals surface area contributed by atoms with Gasteiger partial charge in [0.15, 0.2) is 0 Å². The number of carbonyl (C=O) groups excluding carboxylic acids is 3. The molecule has 0 aromatic rings. The molecule has 0 radical (unpaired) electrons.